The summed E-state index contributed by atoms with van der Waals surface area (Å²) in [6.07, 6.45) is 3.22. The number of carboxylic acids is 1. The van der Waals surface area contributed by atoms with Crippen LogP contribution in [0, 0.1) is 0 Å². The van der Waals surface area contributed by atoms with Crippen molar-refractivity contribution in [3.8, 4) is 0 Å². The number of carbonyl (C=O) groups excluding carboxylic acids is 1. The minimum Gasteiger partial charge on any atom is -0.545 e. The highest BCUT2D eigenvalue weighted by molar-refractivity contribution is 6.32. The summed E-state index contributed by atoms with van der Waals surface area (Å²) < 4.78 is 5.70. The van der Waals surface area contributed by atoms with Crippen LogP contribution >= 0.6 is 11.6 Å². The van der Waals surface area contributed by atoms with E-state index in [1.54, 1.807) is 0 Å². The highest BCUT2D eigenvalue weighted by Crippen LogP contribution is 2.35. The summed E-state index contributed by atoms with van der Waals surface area (Å²) in [5.41, 5.74) is 2.73. The first kappa shape index (κ1) is 12.3. The number of hydrogen-bond donors (Lipinski definition) is 1. The molecule has 4 nitrogen and oxygen atoms in total. The third-order valence-corrected chi connectivity index (χ3v) is 3.62. The zero-order valence-corrected chi connectivity index (χ0v) is 10.8. The first-order chi connectivity index (χ1) is 9.16. The van der Waals surface area contributed by atoms with Gasteiger partial charge in [-0.1, -0.05) is 11.6 Å². The van der Waals surface area contributed by atoms with Crippen LogP contribution in [0.3, 0.4) is 0 Å². The van der Waals surface area contributed by atoms with Gasteiger partial charge in [-0.3, -0.25) is 0 Å². The van der Waals surface area contributed by atoms with Crippen molar-refractivity contribution in [2.24, 2.45) is 0 Å². The minimum atomic E-state index is -1.24. The van der Waals surface area contributed by atoms with Crippen molar-refractivity contribution in [3.05, 3.63) is 40.1 Å². The van der Waals surface area contributed by atoms with Crippen LogP contribution in [0.4, 0.5) is 0 Å². The normalized spacial score (nSPS) is 15.0. The highest BCUT2D eigenvalue weighted by Gasteiger charge is 2.19. The van der Waals surface area contributed by atoms with Crippen LogP contribution in [0.15, 0.2) is 22.6 Å². The molecule has 19 heavy (non-hydrogen) atoms. The average molecular weight is 277 g/mol. The monoisotopic (exact) mass is 276 g/mol. The largest absolute Gasteiger partial charge is 0.545 e. The van der Waals surface area contributed by atoms with Crippen molar-refractivity contribution < 1.29 is 14.3 Å². The molecule has 98 valence electrons. The number of furan rings is 1. The molecule has 0 fully saturated rings. The van der Waals surface area contributed by atoms with Crippen molar-refractivity contribution in [2.75, 3.05) is 6.54 Å². The Kier molecular flexibility index (Phi) is 3.05. The van der Waals surface area contributed by atoms with Crippen molar-refractivity contribution in [1.29, 1.82) is 0 Å². The Balaban J connectivity index is 2.25. The van der Waals surface area contributed by atoms with Crippen LogP contribution in [0.5, 0.6) is 0 Å². The van der Waals surface area contributed by atoms with E-state index in [9.17, 15) is 9.90 Å². The molecule has 3 rings (SSSR count). The molecule has 2 heterocycles. The molecule has 0 bridgehead atoms. The van der Waals surface area contributed by atoms with Crippen molar-refractivity contribution in [3.63, 3.8) is 0 Å². The number of nitrogens with one attached hydrogen (secondary N) is 1. The van der Waals surface area contributed by atoms with Crippen LogP contribution in [-0.4, -0.2) is 12.5 Å². The van der Waals surface area contributed by atoms with E-state index >= 15 is 0 Å². The standard InChI is InChI=1S/C14H12ClNO3/c15-10-1-2-12-14-8(10)5-6-16-7-9(14)11(19-12)3-4-13(17)18/h1-4,16H,5-7H2,(H,17,18)/p-1/b4-3+. The van der Waals surface area contributed by atoms with E-state index in [2.05, 4.69) is 5.32 Å². The lowest BCUT2D eigenvalue weighted by Crippen LogP contribution is -2.18. The van der Waals surface area contributed by atoms with Crippen LogP contribution in [-0.2, 0) is 17.8 Å². The Bertz CT molecular complexity index is 688. The van der Waals surface area contributed by atoms with Gasteiger partial charge in [0.2, 0.25) is 0 Å². The first-order valence-electron chi connectivity index (χ1n) is 5.99. The number of benzene rings is 1. The number of halogens is 1. The molecule has 0 unspecified atom stereocenters. The molecule has 0 saturated heterocycles. The van der Waals surface area contributed by atoms with Gasteiger partial charge >= 0.3 is 0 Å². The van der Waals surface area contributed by atoms with E-state index in [4.69, 9.17) is 16.0 Å². The third-order valence-electron chi connectivity index (χ3n) is 3.26. The van der Waals surface area contributed by atoms with E-state index in [0.717, 1.165) is 41.1 Å². The van der Waals surface area contributed by atoms with Gasteiger partial charge in [0.25, 0.3) is 0 Å². The van der Waals surface area contributed by atoms with Gasteiger partial charge < -0.3 is 19.6 Å². The predicted octanol–water partition coefficient (Wildman–Crippen LogP) is 1.49. The lowest BCUT2D eigenvalue weighted by atomic mass is 10.0. The maximum atomic E-state index is 10.5. The van der Waals surface area contributed by atoms with E-state index in [0.29, 0.717) is 17.3 Å². The summed E-state index contributed by atoms with van der Waals surface area (Å²) in [6.45, 7) is 1.46. The third kappa shape index (κ3) is 2.13. The average Bonchev–Trinajstić information content (AvgIpc) is 2.57. The van der Waals surface area contributed by atoms with E-state index in [1.807, 2.05) is 12.1 Å². The second kappa shape index (κ2) is 4.72. The quantitative estimate of drug-likeness (QED) is 0.844. The molecule has 0 atom stereocenters. The Hall–Kier alpha value is -1.78. The molecular formula is C14H11ClNO3-. The second-order valence-corrected chi connectivity index (χ2v) is 4.83. The molecule has 1 aromatic heterocycles. The predicted molar refractivity (Wildman–Crippen MR) is 70.7 cm³/mol. The van der Waals surface area contributed by atoms with E-state index in [-0.39, 0.29) is 0 Å². The summed E-state index contributed by atoms with van der Waals surface area (Å²) in [4.78, 5) is 10.5. The molecule has 1 aliphatic rings. The topological polar surface area (TPSA) is 65.3 Å². The Morgan fingerprint density at radius 1 is 1.42 bits per heavy atom. The van der Waals surface area contributed by atoms with Crippen LogP contribution in [0.2, 0.25) is 5.02 Å². The van der Waals surface area contributed by atoms with Gasteiger partial charge in [-0.15, -0.1) is 0 Å². The molecule has 0 radical (unpaired) electrons. The summed E-state index contributed by atoms with van der Waals surface area (Å²) in [5, 5.41) is 15.5. The molecule has 0 amide bonds. The Labute approximate surface area is 114 Å². The van der Waals surface area contributed by atoms with Gasteiger partial charge in [0.15, 0.2) is 0 Å². The van der Waals surface area contributed by atoms with Crippen LogP contribution in [0.1, 0.15) is 16.9 Å². The number of hydrogen-bond acceptors (Lipinski definition) is 4. The Morgan fingerprint density at radius 3 is 3.05 bits per heavy atom. The maximum absolute atomic E-state index is 10.5. The highest BCUT2D eigenvalue weighted by atomic mass is 35.5. The van der Waals surface area contributed by atoms with E-state index in [1.165, 1.54) is 6.08 Å². The van der Waals surface area contributed by atoms with Crippen molar-refractivity contribution >= 4 is 34.6 Å². The smallest absolute Gasteiger partial charge is 0.135 e. The maximum Gasteiger partial charge on any atom is 0.135 e. The molecule has 0 saturated carbocycles. The van der Waals surface area contributed by atoms with Gasteiger partial charge in [-0.2, -0.15) is 0 Å². The Morgan fingerprint density at radius 2 is 2.26 bits per heavy atom. The lowest BCUT2D eigenvalue weighted by Gasteiger charge is -2.02. The second-order valence-electron chi connectivity index (χ2n) is 4.42. The summed E-state index contributed by atoms with van der Waals surface area (Å²) >= 11 is 6.23. The number of rotatable bonds is 2. The van der Waals surface area contributed by atoms with Gasteiger partial charge in [0, 0.05) is 22.5 Å². The number of carboxylic acid groups (broad SMARTS) is 1. The van der Waals surface area contributed by atoms with Crippen molar-refractivity contribution in [1.82, 2.24) is 5.32 Å². The number of carbonyl (C=O) groups is 1. The fourth-order valence-electron chi connectivity index (χ4n) is 2.45. The first-order valence-corrected chi connectivity index (χ1v) is 6.37. The minimum absolute atomic E-state index is 0.539. The lowest BCUT2D eigenvalue weighted by molar-refractivity contribution is -0.297. The summed E-state index contributed by atoms with van der Waals surface area (Å²) in [7, 11) is 0. The van der Waals surface area contributed by atoms with Gasteiger partial charge in [0.1, 0.15) is 11.3 Å². The molecule has 1 N–H and O–H groups in total. The molecular weight excluding hydrogens is 266 g/mol. The zero-order chi connectivity index (χ0) is 13.4. The van der Waals surface area contributed by atoms with Crippen molar-refractivity contribution in [2.45, 2.75) is 13.0 Å². The van der Waals surface area contributed by atoms with Gasteiger partial charge in [-0.05, 0) is 42.8 Å². The molecule has 0 spiro atoms. The SMILES string of the molecule is O=C([O-])/C=C/c1oc2ccc(Cl)c3c2c1CNCC3. The van der Waals surface area contributed by atoms with Gasteiger partial charge in [0.05, 0.1) is 5.97 Å². The molecule has 1 aromatic carbocycles. The fraction of sp³-hybridized carbons (Fsp3) is 0.214. The molecule has 1 aliphatic heterocycles. The zero-order valence-electron chi connectivity index (χ0n) is 10.0. The van der Waals surface area contributed by atoms with E-state index < -0.39 is 5.97 Å². The van der Waals surface area contributed by atoms with Crippen LogP contribution < -0.4 is 10.4 Å². The molecule has 5 heteroatoms. The fourth-order valence-corrected chi connectivity index (χ4v) is 2.70. The molecule has 0 aliphatic carbocycles. The summed E-state index contributed by atoms with van der Waals surface area (Å²) in [6, 6.07) is 3.62. The number of aliphatic carboxylic acids is 1. The molecule has 2 aromatic rings. The van der Waals surface area contributed by atoms with Gasteiger partial charge in [-0.25, -0.2) is 0 Å². The summed E-state index contributed by atoms with van der Waals surface area (Å²) in [5.74, 6) is -0.704. The van der Waals surface area contributed by atoms with Crippen LogP contribution in [0.25, 0.3) is 17.0 Å².